The molecule has 0 amide bonds. The third kappa shape index (κ3) is 3.41. The van der Waals surface area contributed by atoms with Crippen LogP contribution in [0.15, 0.2) is 6.33 Å². The van der Waals surface area contributed by atoms with E-state index in [0.29, 0.717) is 10.3 Å². The predicted octanol–water partition coefficient (Wildman–Crippen LogP) is 2.14. The number of hydrogen-bond donors (Lipinski definition) is 2. The van der Waals surface area contributed by atoms with Crippen LogP contribution in [0.3, 0.4) is 0 Å². The molecule has 3 heterocycles. The number of likely N-dealkylation sites (N-methyl/N-ethyl adjacent to an activating group) is 1. The third-order valence-corrected chi connectivity index (χ3v) is 6.85. The van der Waals surface area contributed by atoms with Gasteiger partial charge in [-0.25, -0.2) is 14.8 Å². The summed E-state index contributed by atoms with van der Waals surface area (Å²) in [5.74, 6) is -0.133. The van der Waals surface area contributed by atoms with E-state index in [2.05, 4.69) is 32.1 Å². The molecule has 2 N–H and O–H groups in total. The van der Waals surface area contributed by atoms with Gasteiger partial charge in [-0.2, -0.15) is 0 Å². The number of anilines is 1. The minimum atomic E-state index is -0.898. The van der Waals surface area contributed by atoms with Crippen LogP contribution in [0.4, 0.5) is 5.82 Å². The third-order valence-electron chi connectivity index (χ3n) is 5.66. The van der Waals surface area contributed by atoms with Crippen LogP contribution in [0.5, 0.6) is 0 Å². The first-order valence-electron chi connectivity index (χ1n) is 9.10. The van der Waals surface area contributed by atoms with Crippen molar-refractivity contribution in [2.24, 2.45) is 5.41 Å². The molecule has 26 heavy (non-hydrogen) atoms. The molecule has 4 rings (SSSR count). The Balaban J connectivity index is 1.47. The molecular formula is C18H25N5O2S. The van der Waals surface area contributed by atoms with E-state index < -0.39 is 5.97 Å². The summed E-state index contributed by atoms with van der Waals surface area (Å²) >= 11 is 1.22. The van der Waals surface area contributed by atoms with Crippen LogP contribution in [-0.4, -0.2) is 77.2 Å². The molecule has 0 unspecified atom stereocenters. The van der Waals surface area contributed by atoms with Crippen LogP contribution in [0.25, 0.3) is 10.2 Å². The Kier molecular flexibility index (Phi) is 4.58. The van der Waals surface area contributed by atoms with E-state index in [-0.39, 0.29) is 0 Å². The summed E-state index contributed by atoms with van der Waals surface area (Å²) in [6.45, 7) is 8.41. The number of carboxylic acids is 1. The standard InChI is InChI=1S/C18H25N5O2S/c1-12-13-15(20-11-21-16(13)26-14(12)17(24)25)19-9-18(3-4-18)10-23-7-5-22(2)6-8-23/h11H,3-10H2,1-2H3,(H,24,25)(H,19,20,21). The molecule has 1 saturated carbocycles. The normalized spacial score (nSPS) is 20.4. The van der Waals surface area contributed by atoms with Gasteiger partial charge in [0.1, 0.15) is 21.9 Å². The summed E-state index contributed by atoms with van der Waals surface area (Å²) in [6, 6.07) is 0. The minimum Gasteiger partial charge on any atom is -0.477 e. The van der Waals surface area contributed by atoms with E-state index >= 15 is 0 Å². The highest BCUT2D eigenvalue weighted by Crippen LogP contribution is 2.46. The van der Waals surface area contributed by atoms with Crippen LogP contribution in [-0.2, 0) is 0 Å². The number of thiophene rings is 1. The molecule has 1 saturated heterocycles. The van der Waals surface area contributed by atoms with Crippen molar-refractivity contribution < 1.29 is 9.90 Å². The van der Waals surface area contributed by atoms with Crippen molar-refractivity contribution in [3.63, 3.8) is 0 Å². The van der Waals surface area contributed by atoms with Crippen molar-refractivity contribution in [3.05, 3.63) is 16.8 Å². The van der Waals surface area contributed by atoms with Crippen molar-refractivity contribution in [2.45, 2.75) is 19.8 Å². The van der Waals surface area contributed by atoms with Crippen LogP contribution in [0, 0.1) is 12.3 Å². The van der Waals surface area contributed by atoms with Gasteiger partial charge in [-0.05, 0) is 32.4 Å². The Labute approximate surface area is 157 Å². The zero-order valence-corrected chi connectivity index (χ0v) is 16.1. The summed E-state index contributed by atoms with van der Waals surface area (Å²) in [6.07, 6.45) is 4.00. The quantitative estimate of drug-likeness (QED) is 0.800. The van der Waals surface area contributed by atoms with Crippen molar-refractivity contribution >= 4 is 33.3 Å². The first-order chi connectivity index (χ1) is 12.5. The minimum absolute atomic E-state index is 0.326. The molecule has 2 aromatic rings. The second kappa shape index (κ2) is 6.75. The van der Waals surface area contributed by atoms with Crippen molar-refractivity contribution in [1.29, 1.82) is 0 Å². The van der Waals surface area contributed by atoms with Gasteiger partial charge in [0.15, 0.2) is 0 Å². The van der Waals surface area contributed by atoms with Crippen LogP contribution in [0.1, 0.15) is 28.1 Å². The molecule has 0 atom stereocenters. The summed E-state index contributed by atoms with van der Waals surface area (Å²) in [5, 5.41) is 13.7. The smallest absolute Gasteiger partial charge is 0.346 e. The number of carboxylic acid groups (broad SMARTS) is 1. The molecule has 140 valence electrons. The van der Waals surface area contributed by atoms with Gasteiger partial charge in [0, 0.05) is 44.7 Å². The van der Waals surface area contributed by atoms with E-state index in [1.54, 1.807) is 0 Å². The molecule has 1 aliphatic heterocycles. The maximum Gasteiger partial charge on any atom is 0.346 e. The first kappa shape index (κ1) is 17.6. The zero-order chi connectivity index (χ0) is 18.3. The SMILES string of the molecule is Cc1c(C(=O)O)sc2ncnc(NCC3(CN4CCN(C)CC4)CC3)c12. The number of nitrogens with one attached hydrogen (secondary N) is 1. The lowest BCUT2D eigenvalue weighted by molar-refractivity contribution is 0.0701. The number of piperazine rings is 1. The lowest BCUT2D eigenvalue weighted by Crippen LogP contribution is -2.47. The molecular weight excluding hydrogens is 350 g/mol. The number of hydrogen-bond acceptors (Lipinski definition) is 7. The molecule has 2 fully saturated rings. The Morgan fingerprint density at radius 2 is 2.04 bits per heavy atom. The number of nitrogens with zero attached hydrogens (tertiary/aromatic N) is 4. The van der Waals surface area contributed by atoms with E-state index in [0.717, 1.165) is 60.9 Å². The number of aromatic nitrogens is 2. The Bertz CT molecular complexity index is 824. The summed E-state index contributed by atoms with van der Waals surface area (Å²) in [4.78, 5) is 26.1. The van der Waals surface area contributed by atoms with Gasteiger partial charge in [0.05, 0.1) is 5.39 Å². The average Bonchev–Trinajstić information content (AvgIpc) is 3.30. The molecule has 0 radical (unpaired) electrons. The summed E-state index contributed by atoms with van der Waals surface area (Å²) in [5.41, 5.74) is 1.08. The largest absolute Gasteiger partial charge is 0.477 e. The first-order valence-corrected chi connectivity index (χ1v) is 9.91. The Hall–Kier alpha value is -1.77. The van der Waals surface area contributed by atoms with E-state index in [1.807, 2.05) is 6.92 Å². The fourth-order valence-corrected chi connectivity index (χ4v) is 4.72. The summed E-state index contributed by atoms with van der Waals surface area (Å²) < 4.78 is 0. The molecule has 0 aromatic carbocycles. The van der Waals surface area contributed by atoms with E-state index in [9.17, 15) is 9.90 Å². The van der Waals surface area contributed by atoms with Crippen molar-refractivity contribution in [2.75, 3.05) is 51.6 Å². The molecule has 2 aromatic heterocycles. The summed E-state index contributed by atoms with van der Waals surface area (Å²) in [7, 11) is 2.18. The number of aromatic carboxylic acids is 1. The maximum atomic E-state index is 11.4. The molecule has 2 aliphatic rings. The Morgan fingerprint density at radius 1 is 1.31 bits per heavy atom. The highest BCUT2D eigenvalue weighted by molar-refractivity contribution is 7.20. The number of carbonyl (C=O) groups is 1. The fourth-order valence-electron chi connectivity index (χ4n) is 3.73. The van der Waals surface area contributed by atoms with Crippen LogP contribution >= 0.6 is 11.3 Å². The number of aryl methyl sites for hydroxylation is 1. The zero-order valence-electron chi connectivity index (χ0n) is 15.3. The monoisotopic (exact) mass is 375 g/mol. The highest BCUT2D eigenvalue weighted by atomic mass is 32.1. The number of rotatable bonds is 6. The maximum absolute atomic E-state index is 11.4. The van der Waals surface area contributed by atoms with Gasteiger partial charge in [0.25, 0.3) is 0 Å². The van der Waals surface area contributed by atoms with Gasteiger partial charge < -0.3 is 20.2 Å². The highest BCUT2D eigenvalue weighted by Gasteiger charge is 2.44. The van der Waals surface area contributed by atoms with E-state index in [1.165, 1.54) is 30.5 Å². The topological polar surface area (TPSA) is 81.6 Å². The lowest BCUT2D eigenvalue weighted by atomic mass is 10.1. The molecule has 0 bridgehead atoms. The second-order valence-electron chi connectivity index (χ2n) is 7.70. The Morgan fingerprint density at radius 3 is 2.69 bits per heavy atom. The molecule has 8 heteroatoms. The van der Waals surface area contributed by atoms with Gasteiger partial charge in [0.2, 0.25) is 0 Å². The average molecular weight is 375 g/mol. The lowest BCUT2D eigenvalue weighted by Gasteiger charge is -2.35. The number of fused-ring (bicyclic) bond motifs is 1. The molecule has 0 spiro atoms. The van der Waals surface area contributed by atoms with Crippen LogP contribution in [0.2, 0.25) is 0 Å². The van der Waals surface area contributed by atoms with E-state index in [4.69, 9.17) is 0 Å². The molecule has 1 aliphatic carbocycles. The van der Waals surface area contributed by atoms with Gasteiger partial charge in [-0.3, -0.25) is 0 Å². The fraction of sp³-hybridized carbons (Fsp3) is 0.611. The molecule has 7 nitrogen and oxygen atoms in total. The van der Waals surface area contributed by atoms with Gasteiger partial charge in [-0.15, -0.1) is 11.3 Å². The second-order valence-corrected chi connectivity index (χ2v) is 8.70. The van der Waals surface area contributed by atoms with Crippen LogP contribution < -0.4 is 5.32 Å². The van der Waals surface area contributed by atoms with Crippen molar-refractivity contribution in [1.82, 2.24) is 19.8 Å². The van der Waals surface area contributed by atoms with Crippen molar-refractivity contribution in [3.8, 4) is 0 Å². The van der Waals surface area contributed by atoms with Gasteiger partial charge in [-0.1, -0.05) is 0 Å². The predicted molar refractivity (Wildman–Crippen MR) is 103 cm³/mol. The van der Waals surface area contributed by atoms with Gasteiger partial charge >= 0.3 is 5.97 Å².